The molecule has 4 amide bonds. The quantitative estimate of drug-likeness (QED) is 0.105. The van der Waals surface area contributed by atoms with Crippen LogP contribution in [0, 0.1) is 0 Å². The van der Waals surface area contributed by atoms with Crippen molar-refractivity contribution in [2.45, 2.75) is 58.1 Å². The molecule has 2 unspecified atom stereocenters. The Morgan fingerprint density at radius 2 is 1.64 bits per heavy atom. The number of ketones is 1. The van der Waals surface area contributed by atoms with E-state index in [2.05, 4.69) is 51.8 Å². The maximum atomic E-state index is 13.3. The lowest BCUT2D eigenvalue weighted by Gasteiger charge is -2.27. The first-order chi connectivity index (χ1) is 24.2. The summed E-state index contributed by atoms with van der Waals surface area (Å²) in [5.74, 6) is -0.507. The zero-order valence-electron chi connectivity index (χ0n) is 27.8. The van der Waals surface area contributed by atoms with Crippen LogP contribution >= 0.6 is 0 Å². The molecule has 12 heteroatoms. The summed E-state index contributed by atoms with van der Waals surface area (Å²) in [6, 6.07) is 21.7. The normalized spacial score (nSPS) is 16.1. The van der Waals surface area contributed by atoms with Gasteiger partial charge in [0.1, 0.15) is 24.1 Å². The van der Waals surface area contributed by atoms with Crippen molar-refractivity contribution >= 4 is 35.1 Å². The van der Waals surface area contributed by atoms with Gasteiger partial charge in [-0.1, -0.05) is 37.3 Å². The lowest BCUT2D eigenvalue weighted by molar-refractivity contribution is -0.136. The van der Waals surface area contributed by atoms with Crippen molar-refractivity contribution < 1.29 is 33.4 Å². The first kappa shape index (κ1) is 34.0. The molecule has 50 heavy (non-hydrogen) atoms. The molecule has 0 aliphatic carbocycles. The van der Waals surface area contributed by atoms with Crippen LogP contribution in [0.3, 0.4) is 0 Å². The zero-order valence-corrected chi connectivity index (χ0v) is 27.8. The van der Waals surface area contributed by atoms with E-state index in [0.29, 0.717) is 36.7 Å². The van der Waals surface area contributed by atoms with Crippen molar-refractivity contribution in [2.75, 3.05) is 18.5 Å². The number of piperidine rings is 1. The maximum absolute atomic E-state index is 13.3. The van der Waals surface area contributed by atoms with Gasteiger partial charge in [0.2, 0.25) is 11.8 Å². The van der Waals surface area contributed by atoms with Crippen LogP contribution in [-0.2, 0) is 16.2 Å². The lowest BCUT2D eigenvalue weighted by Crippen LogP contribution is -2.54. The van der Waals surface area contributed by atoms with E-state index in [1.807, 2.05) is 24.3 Å². The molecule has 3 heterocycles. The Balaban J connectivity index is 0.983. The minimum Gasteiger partial charge on any atom is -0.494 e. The largest absolute Gasteiger partial charge is 0.494 e. The number of nitrogens with zero attached hydrogens (tertiary/aromatic N) is 3. The van der Waals surface area contributed by atoms with Crippen LogP contribution in [0.25, 0.3) is 0 Å². The molecule has 0 saturated carbocycles. The zero-order chi connectivity index (χ0) is 35.2. The maximum Gasteiger partial charge on any atom is 0.264 e. The number of rotatable bonds is 14. The number of fused-ring (bicyclic) bond motifs is 1. The number of hydrogen-bond donors (Lipinski definition) is 2. The number of benzene rings is 3. The summed E-state index contributed by atoms with van der Waals surface area (Å²) in [7, 11) is 0. The van der Waals surface area contributed by atoms with Gasteiger partial charge < -0.3 is 14.8 Å². The minimum absolute atomic E-state index is 0.0694. The third-order valence-corrected chi connectivity index (χ3v) is 8.76. The molecule has 2 atom stereocenters. The summed E-state index contributed by atoms with van der Waals surface area (Å²) >= 11 is 0. The standard InChI is InChI=1S/C38H37N5O7/c1-3-29(25-10-14-28(15-11-25)50-22-26-18-20-40-35(41-26)23(2)44)24-8-12-27(13-9-24)49-21-5-19-39-31-7-4-6-30-34(31)38(48)43(37(30)47)32-16-17-33(45)42-36(32)46/h4,6-15,18,20,29,32,39H,3,5,16-17,19,21-22H2,1-2H3,(H,42,45,46). The van der Waals surface area contributed by atoms with E-state index < -0.39 is 29.7 Å². The fourth-order valence-electron chi connectivity index (χ4n) is 6.21. The van der Waals surface area contributed by atoms with Gasteiger partial charge in [-0.2, -0.15) is 0 Å². The van der Waals surface area contributed by atoms with Crippen LogP contribution in [0.2, 0.25) is 0 Å². The Labute approximate surface area is 289 Å². The van der Waals surface area contributed by atoms with E-state index in [4.69, 9.17) is 9.47 Å². The molecular formula is C38H37N5O7. The number of hydrogen-bond acceptors (Lipinski definition) is 10. The van der Waals surface area contributed by atoms with E-state index in [0.717, 1.165) is 28.2 Å². The van der Waals surface area contributed by atoms with Crippen LogP contribution in [-0.4, -0.2) is 63.5 Å². The topological polar surface area (TPSA) is 157 Å². The van der Waals surface area contributed by atoms with E-state index in [1.54, 1.807) is 30.5 Å². The Hall–Kier alpha value is -5.91. The highest BCUT2D eigenvalue weighted by atomic mass is 16.5. The second-order valence-electron chi connectivity index (χ2n) is 12.1. The molecule has 12 nitrogen and oxygen atoms in total. The van der Waals surface area contributed by atoms with Crippen LogP contribution in [0.15, 0.2) is 79.0 Å². The smallest absolute Gasteiger partial charge is 0.264 e. The highest BCUT2D eigenvalue weighted by molar-refractivity contribution is 6.25. The summed E-state index contributed by atoms with van der Waals surface area (Å²) in [6.07, 6.45) is 3.27. The molecule has 1 saturated heterocycles. The van der Waals surface area contributed by atoms with Crippen molar-refractivity contribution in [2.24, 2.45) is 0 Å². The number of anilines is 1. The van der Waals surface area contributed by atoms with Gasteiger partial charge in [0.05, 0.1) is 23.4 Å². The Bertz CT molecular complexity index is 1930. The number of imide groups is 2. The van der Waals surface area contributed by atoms with Crippen molar-refractivity contribution in [3.8, 4) is 11.5 Å². The summed E-state index contributed by atoms with van der Waals surface area (Å²) in [5.41, 5.74) is 3.94. The molecule has 2 N–H and O–H groups in total. The fraction of sp³-hybridized carbons (Fsp3) is 0.289. The molecule has 6 rings (SSSR count). The summed E-state index contributed by atoms with van der Waals surface area (Å²) in [5, 5.41) is 5.45. The number of carbonyl (C=O) groups excluding carboxylic acids is 5. The second kappa shape index (κ2) is 15.1. The van der Waals surface area contributed by atoms with E-state index in [9.17, 15) is 24.0 Å². The first-order valence-electron chi connectivity index (χ1n) is 16.6. The predicted molar refractivity (Wildman–Crippen MR) is 183 cm³/mol. The SMILES string of the molecule is CCC(c1ccc(OCCCNc2cccc3c2C(=O)N(C2CCC(=O)NC2=O)C3=O)cc1)c1ccc(OCc2ccnc(C(C)=O)n2)cc1. The number of amides is 4. The third kappa shape index (κ3) is 7.39. The van der Waals surface area contributed by atoms with Gasteiger partial charge in [-0.15, -0.1) is 0 Å². The molecule has 2 aliphatic rings. The number of ether oxygens (including phenoxy) is 2. The van der Waals surface area contributed by atoms with Crippen molar-refractivity contribution in [3.63, 3.8) is 0 Å². The molecule has 1 fully saturated rings. The fourth-order valence-corrected chi connectivity index (χ4v) is 6.21. The van der Waals surface area contributed by atoms with Crippen LogP contribution in [0.4, 0.5) is 5.69 Å². The lowest BCUT2D eigenvalue weighted by atomic mass is 9.89. The van der Waals surface area contributed by atoms with E-state index in [1.165, 1.54) is 6.92 Å². The van der Waals surface area contributed by atoms with Gasteiger partial charge in [-0.25, -0.2) is 9.97 Å². The Morgan fingerprint density at radius 1 is 0.940 bits per heavy atom. The molecular weight excluding hydrogens is 638 g/mol. The Kier molecular flexibility index (Phi) is 10.3. The third-order valence-electron chi connectivity index (χ3n) is 8.76. The summed E-state index contributed by atoms with van der Waals surface area (Å²) in [6.45, 7) is 4.73. The second-order valence-corrected chi connectivity index (χ2v) is 12.1. The van der Waals surface area contributed by atoms with Gasteiger partial charge in [0.25, 0.3) is 11.8 Å². The molecule has 0 bridgehead atoms. The highest BCUT2D eigenvalue weighted by Crippen LogP contribution is 2.33. The monoisotopic (exact) mass is 675 g/mol. The number of carbonyl (C=O) groups is 5. The molecule has 0 radical (unpaired) electrons. The summed E-state index contributed by atoms with van der Waals surface area (Å²) < 4.78 is 11.9. The molecule has 2 aliphatic heterocycles. The van der Waals surface area contributed by atoms with Crippen molar-refractivity contribution in [1.82, 2.24) is 20.2 Å². The molecule has 256 valence electrons. The number of aromatic nitrogens is 2. The van der Waals surface area contributed by atoms with E-state index >= 15 is 0 Å². The van der Waals surface area contributed by atoms with E-state index in [-0.39, 0.29) is 48.1 Å². The van der Waals surface area contributed by atoms with Gasteiger partial charge in [-0.05, 0) is 72.9 Å². The van der Waals surface area contributed by atoms with Crippen LogP contribution < -0.4 is 20.1 Å². The van der Waals surface area contributed by atoms with Gasteiger partial charge in [0.15, 0.2) is 11.6 Å². The predicted octanol–water partition coefficient (Wildman–Crippen LogP) is 5.08. The number of Topliss-reactive ketones (excluding diaryl/α,β-unsaturated/α-hetero) is 1. The Morgan fingerprint density at radius 3 is 2.30 bits per heavy atom. The van der Waals surface area contributed by atoms with Crippen molar-refractivity contribution in [3.05, 3.63) is 113 Å². The van der Waals surface area contributed by atoms with Gasteiger partial charge in [-0.3, -0.25) is 34.2 Å². The van der Waals surface area contributed by atoms with Crippen molar-refractivity contribution in [1.29, 1.82) is 0 Å². The number of nitrogens with one attached hydrogen (secondary N) is 2. The first-order valence-corrected chi connectivity index (χ1v) is 16.6. The average molecular weight is 676 g/mol. The molecule has 3 aromatic carbocycles. The van der Waals surface area contributed by atoms with Gasteiger partial charge >= 0.3 is 0 Å². The van der Waals surface area contributed by atoms with Crippen LogP contribution in [0.1, 0.15) is 93.6 Å². The molecule has 1 aromatic heterocycles. The minimum atomic E-state index is -1.01. The molecule has 4 aromatic rings. The molecule has 0 spiro atoms. The highest BCUT2D eigenvalue weighted by Gasteiger charge is 2.45. The van der Waals surface area contributed by atoms with Gasteiger partial charge in [0, 0.05) is 37.7 Å². The van der Waals surface area contributed by atoms with Crippen LogP contribution in [0.5, 0.6) is 11.5 Å². The summed E-state index contributed by atoms with van der Waals surface area (Å²) in [4.78, 5) is 71.0. The average Bonchev–Trinajstić information content (AvgIpc) is 3.38.